The number of β-lactam (4-membered cyclic amide) rings is 1. The van der Waals surface area contributed by atoms with Crippen molar-refractivity contribution in [1.82, 2.24) is 10.4 Å². The van der Waals surface area contributed by atoms with Crippen molar-refractivity contribution in [2.24, 2.45) is 5.92 Å². The number of Topliss-reactive ketones (excluding diaryl/α,β-unsaturated/α-hetero) is 1. The lowest BCUT2D eigenvalue weighted by Gasteiger charge is -2.47. The van der Waals surface area contributed by atoms with E-state index in [0.717, 1.165) is 21.0 Å². The molecule has 0 aliphatic carbocycles. The highest BCUT2D eigenvalue weighted by molar-refractivity contribution is 7.95. The molecule has 8 nitrogen and oxygen atoms in total. The molecule has 1 saturated heterocycles. The standard InChI is InChI=1S/C38H41N2O6PSi/c1-27(46-48(3,4)5)36-33(25-34(41)28-21-23-29(24-22-28)37(43)39-2)40(38(36)44)45-35(42)26-47(30-15-9-6-10-16-30,31-17-11-7-12-18-31)32-19-13-8-14-20-32/h6-24,26-27,33,36H,25H2,1-5H3,(H,39,43)/t27-,33-,36-/m1/s1. The molecular formula is C38H41N2O6PSi. The number of hydrogen-bond acceptors (Lipinski definition) is 6. The van der Waals surface area contributed by atoms with Gasteiger partial charge < -0.3 is 14.6 Å². The van der Waals surface area contributed by atoms with Gasteiger partial charge in [0.15, 0.2) is 14.1 Å². The van der Waals surface area contributed by atoms with Gasteiger partial charge in [0, 0.05) is 30.4 Å². The molecule has 4 aromatic carbocycles. The van der Waals surface area contributed by atoms with Gasteiger partial charge in [0.1, 0.15) is 0 Å². The number of nitrogens with zero attached hydrogens (tertiary/aromatic N) is 1. The zero-order chi connectivity index (χ0) is 34.5. The molecule has 4 aromatic rings. The maximum Gasteiger partial charge on any atom is 0.357 e. The van der Waals surface area contributed by atoms with Gasteiger partial charge in [-0.15, -0.1) is 0 Å². The average molecular weight is 681 g/mol. The summed E-state index contributed by atoms with van der Waals surface area (Å²) in [5.41, 5.74) is 0.815. The largest absolute Gasteiger partial charge is 0.414 e. The lowest BCUT2D eigenvalue weighted by atomic mass is 9.81. The SMILES string of the molecule is CNC(=O)c1ccc(C(=O)C[C@@H]2[C@@H]([C@@H](C)O[Si](C)(C)C)C(=O)N2OC(=O)C=P(c2ccccc2)(c2ccccc2)c2ccccc2)cc1. The van der Waals surface area contributed by atoms with Crippen molar-refractivity contribution in [3.8, 4) is 0 Å². The molecule has 10 heteroatoms. The summed E-state index contributed by atoms with van der Waals surface area (Å²) >= 11 is 0. The minimum absolute atomic E-state index is 0.0846. The number of carbonyl (C=O) groups is 4. The van der Waals surface area contributed by atoms with Crippen molar-refractivity contribution in [3.63, 3.8) is 0 Å². The van der Waals surface area contributed by atoms with E-state index in [0.29, 0.717) is 11.1 Å². The molecule has 0 aromatic heterocycles. The summed E-state index contributed by atoms with van der Waals surface area (Å²) in [6.45, 7) is 5.24. The quantitative estimate of drug-likeness (QED) is 0.0985. The number of ketones is 1. The van der Waals surface area contributed by atoms with Gasteiger partial charge in [-0.2, -0.15) is 5.06 Å². The highest BCUT2D eigenvalue weighted by Gasteiger charge is 2.54. The van der Waals surface area contributed by atoms with Crippen molar-refractivity contribution in [2.45, 2.75) is 45.1 Å². The van der Waals surface area contributed by atoms with Crippen LogP contribution < -0.4 is 21.2 Å². The second-order valence-corrected chi connectivity index (χ2v) is 20.5. The van der Waals surface area contributed by atoms with Crippen molar-refractivity contribution in [1.29, 1.82) is 0 Å². The van der Waals surface area contributed by atoms with Gasteiger partial charge in [0.2, 0.25) is 0 Å². The minimum Gasteiger partial charge on any atom is -0.414 e. The van der Waals surface area contributed by atoms with E-state index in [2.05, 4.69) is 5.32 Å². The third-order valence-corrected chi connectivity index (χ3v) is 13.3. The summed E-state index contributed by atoms with van der Waals surface area (Å²) in [5.74, 6) is -0.644. The molecule has 1 fully saturated rings. The van der Waals surface area contributed by atoms with Gasteiger partial charge in [-0.05, 0) is 61.5 Å². The number of carbonyl (C=O) groups excluding carboxylic acids is 4. The maximum atomic E-state index is 14.1. The van der Waals surface area contributed by atoms with Gasteiger partial charge >= 0.3 is 5.97 Å². The molecule has 0 saturated carbocycles. The Morgan fingerprint density at radius 2 is 1.25 bits per heavy atom. The van der Waals surface area contributed by atoms with Crippen LogP contribution in [0.15, 0.2) is 115 Å². The third kappa shape index (κ3) is 7.44. The van der Waals surface area contributed by atoms with E-state index in [1.807, 2.05) is 118 Å². The predicted molar refractivity (Wildman–Crippen MR) is 194 cm³/mol. The fraction of sp³-hybridized carbons (Fsp3) is 0.237. The van der Waals surface area contributed by atoms with Crippen LogP contribution in [0.4, 0.5) is 0 Å². The molecular weight excluding hydrogens is 639 g/mol. The Bertz CT molecular complexity index is 1720. The molecule has 48 heavy (non-hydrogen) atoms. The molecule has 0 bridgehead atoms. The molecule has 2 amide bonds. The lowest BCUT2D eigenvalue weighted by Crippen LogP contribution is -2.65. The molecule has 248 valence electrons. The predicted octanol–water partition coefficient (Wildman–Crippen LogP) is 4.94. The second kappa shape index (κ2) is 14.7. The first-order chi connectivity index (χ1) is 22.9. The first kappa shape index (κ1) is 34.8. The summed E-state index contributed by atoms with van der Waals surface area (Å²) in [7, 11) is -0.511. The number of benzene rings is 4. The van der Waals surface area contributed by atoms with Crippen LogP contribution in [-0.4, -0.2) is 61.9 Å². The highest BCUT2D eigenvalue weighted by atomic mass is 31.2. The number of nitrogens with one attached hydrogen (secondary N) is 1. The van der Waals surface area contributed by atoms with Gasteiger partial charge in [0.05, 0.1) is 18.1 Å². The number of amides is 2. The summed E-state index contributed by atoms with van der Waals surface area (Å²) in [6, 6.07) is 35.1. The first-order valence-electron chi connectivity index (χ1n) is 15.9. The molecule has 0 radical (unpaired) electrons. The number of hydroxylamine groups is 2. The molecule has 3 atom stereocenters. The summed E-state index contributed by atoms with van der Waals surface area (Å²) in [4.78, 5) is 59.3. The number of rotatable bonds is 12. The van der Waals surface area contributed by atoms with E-state index in [9.17, 15) is 19.2 Å². The maximum absolute atomic E-state index is 14.1. The Labute approximate surface area is 283 Å². The van der Waals surface area contributed by atoms with E-state index < -0.39 is 45.1 Å². The fourth-order valence-electron chi connectivity index (χ4n) is 6.20. The molecule has 1 aliphatic rings. The molecule has 1 aliphatic heterocycles. The Morgan fingerprint density at radius 1 is 0.792 bits per heavy atom. The summed E-state index contributed by atoms with van der Waals surface area (Å²) in [5, 5.41) is 6.49. The van der Waals surface area contributed by atoms with Crippen molar-refractivity contribution >= 4 is 60.5 Å². The molecule has 0 unspecified atom stereocenters. The zero-order valence-corrected chi connectivity index (χ0v) is 29.7. The van der Waals surface area contributed by atoms with E-state index >= 15 is 0 Å². The van der Waals surface area contributed by atoms with Crippen LogP contribution in [0.1, 0.15) is 34.1 Å². The van der Waals surface area contributed by atoms with E-state index in [1.165, 1.54) is 7.05 Å². The Balaban J connectivity index is 1.52. The van der Waals surface area contributed by atoms with Crippen LogP contribution in [0, 0.1) is 5.92 Å². The van der Waals surface area contributed by atoms with Crippen molar-refractivity contribution in [3.05, 3.63) is 126 Å². The average Bonchev–Trinajstić information content (AvgIpc) is 3.09. The topological polar surface area (TPSA) is 102 Å². The minimum atomic E-state index is -2.70. The molecule has 1 N–H and O–H groups in total. The van der Waals surface area contributed by atoms with Gasteiger partial charge in [-0.25, -0.2) is 4.79 Å². The third-order valence-electron chi connectivity index (χ3n) is 8.33. The van der Waals surface area contributed by atoms with Gasteiger partial charge in [-0.3, -0.25) is 14.4 Å². The fourth-order valence-corrected chi connectivity index (χ4v) is 11.1. The Hall–Kier alpha value is -4.56. The summed E-state index contributed by atoms with van der Waals surface area (Å²) < 4.78 is 6.28. The smallest absolute Gasteiger partial charge is 0.357 e. The van der Waals surface area contributed by atoms with Crippen LogP contribution in [0.2, 0.25) is 19.6 Å². The van der Waals surface area contributed by atoms with Crippen LogP contribution in [0.3, 0.4) is 0 Å². The van der Waals surface area contributed by atoms with Gasteiger partial charge in [-0.1, -0.05) is 103 Å². The van der Waals surface area contributed by atoms with Crippen molar-refractivity contribution < 1.29 is 28.4 Å². The van der Waals surface area contributed by atoms with E-state index in [4.69, 9.17) is 9.26 Å². The van der Waals surface area contributed by atoms with Crippen LogP contribution in [-0.2, 0) is 18.9 Å². The highest BCUT2D eigenvalue weighted by Crippen LogP contribution is 2.44. The summed E-state index contributed by atoms with van der Waals surface area (Å²) in [6.07, 6.45) is -0.570. The Kier molecular flexibility index (Phi) is 10.6. The van der Waals surface area contributed by atoms with Crippen molar-refractivity contribution in [2.75, 3.05) is 7.05 Å². The molecule has 1 heterocycles. The molecule has 5 rings (SSSR count). The van der Waals surface area contributed by atoms with Crippen LogP contribution in [0.5, 0.6) is 0 Å². The number of hydrogen-bond donors (Lipinski definition) is 1. The van der Waals surface area contributed by atoms with Crippen LogP contribution >= 0.6 is 6.89 Å². The van der Waals surface area contributed by atoms with Crippen LogP contribution in [0.25, 0.3) is 0 Å². The van der Waals surface area contributed by atoms with E-state index in [-0.39, 0.29) is 18.1 Å². The lowest BCUT2D eigenvalue weighted by molar-refractivity contribution is -0.239. The van der Waals surface area contributed by atoms with E-state index in [1.54, 1.807) is 30.1 Å². The first-order valence-corrected chi connectivity index (χ1v) is 21.2. The second-order valence-electron chi connectivity index (χ2n) is 12.7. The monoisotopic (exact) mass is 680 g/mol. The molecule has 0 spiro atoms. The normalized spacial score (nSPS) is 16.8. The Morgan fingerprint density at radius 3 is 1.69 bits per heavy atom. The van der Waals surface area contributed by atoms with Gasteiger partial charge in [0.25, 0.3) is 11.8 Å². The zero-order valence-electron chi connectivity index (χ0n) is 27.8.